The Morgan fingerprint density at radius 3 is 2.89 bits per heavy atom. The minimum absolute atomic E-state index is 0.513. The molecule has 0 radical (unpaired) electrons. The first-order valence-corrected chi connectivity index (χ1v) is 7.10. The highest BCUT2D eigenvalue weighted by molar-refractivity contribution is 6.30. The van der Waals surface area contributed by atoms with Crippen LogP contribution in [0.15, 0.2) is 24.3 Å². The largest absolute Gasteiger partial charge is 0.385 e. The van der Waals surface area contributed by atoms with E-state index in [-0.39, 0.29) is 0 Å². The normalized spacial score (nSPS) is 12.6. The lowest BCUT2D eigenvalue weighted by Gasteiger charge is -2.18. The first-order valence-electron chi connectivity index (χ1n) is 6.73. The fourth-order valence-electron chi connectivity index (χ4n) is 2.05. The van der Waals surface area contributed by atoms with Crippen LogP contribution in [0.1, 0.15) is 31.7 Å². The van der Waals surface area contributed by atoms with Gasteiger partial charge < -0.3 is 10.1 Å². The Hall–Kier alpha value is -0.570. The molecular formula is C15H24ClNO. The molecule has 1 aromatic carbocycles. The number of ether oxygens (including phenoxy) is 1. The second-order valence-corrected chi connectivity index (χ2v) is 5.06. The molecule has 0 aliphatic rings. The van der Waals surface area contributed by atoms with Gasteiger partial charge in [-0.05, 0) is 49.9 Å². The van der Waals surface area contributed by atoms with Gasteiger partial charge in [0.25, 0.3) is 0 Å². The van der Waals surface area contributed by atoms with Crippen molar-refractivity contribution in [3.8, 4) is 0 Å². The Morgan fingerprint density at radius 2 is 2.22 bits per heavy atom. The lowest BCUT2D eigenvalue weighted by Crippen LogP contribution is -2.32. The summed E-state index contributed by atoms with van der Waals surface area (Å²) in [6.45, 7) is 4.09. The van der Waals surface area contributed by atoms with Crippen molar-refractivity contribution < 1.29 is 4.74 Å². The van der Waals surface area contributed by atoms with E-state index in [1.165, 1.54) is 5.56 Å². The minimum atomic E-state index is 0.513. The molecule has 1 rings (SSSR count). The zero-order valence-electron chi connectivity index (χ0n) is 11.4. The highest BCUT2D eigenvalue weighted by Crippen LogP contribution is 2.14. The van der Waals surface area contributed by atoms with Crippen molar-refractivity contribution in [2.24, 2.45) is 0 Å². The third kappa shape index (κ3) is 6.39. The molecule has 1 aromatic rings. The van der Waals surface area contributed by atoms with Crippen molar-refractivity contribution in [1.82, 2.24) is 5.32 Å². The van der Waals surface area contributed by atoms with Crippen LogP contribution in [0, 0.1) is 0 Å². The van der Waals surface area contributed by atoms with E-state index < -0.39 is 0 Å². The fourth-order valence-corrected chi connectivity index (χ4v) is 2.26. The molecule has 1 atom stereocenters. The summed E-state index contributed by atoms with van der Waals surface area (Å²) < 4.78 is 5.12. The van der Waals surface area contributed by atoms with Crippen LogP contribution in [0.5, 0.6) is 0 Å². The van der Waals surface area contributed by atoms with E-state index >= 15 is 0 Å². The van der Waals surface area contributed by atoms with Crippen LogP contribution in [-0.2, 0) is 11.2 Å². The summed E-state index contributed by atoms with van der Waals surface area (Å²) in [5, 5.41) is 4.42. The highest BCUT2D eigenvalue weighted by atomic mass is 35.5. The smallest absolute Gasteiger partial charge is 0.0462 e. The van der Waals surface area contributed by atoms with Crippen LogP contribution < -0.4 is 5.32 Å². The Kier molecular flexibility index (Phi) is 8.06. The van der Waals surface area contributed by atoms with Crippen LogP contribution >= 0.6 is 11.6 Å². The number of rotatable bonds is 9. The molecule has 0 heterocycles. The van der Waals surface area contributed by atoms with Gasteiger partial charge in [-0.3, -0.25) is 0 Å². The number of halogens is 1. The number of methoxy groups -OCH3 is 1. The average Bonchev–Trinajstić information content (AvgIpc) is 2.36. The predicted molar refractivity (Wildman–Crippen MR) is 78.3 cm³/mol. The molecule has 2 nitrogen and oxygen atoms in total. The molecule has 0 aromatic heterocycles. The van der Waals surface area contributed by atoms with Gasteiger partial charge in [-0.25, -0.2) is 0 Å². The average molecular weight is 270 g/mol. The van der Waals surface area contributed by atoms with E-state index in [0.717, 1.165) is 43.9 Å². The number of benzene rings is 1. The van der Waals surface area contributed by atoms with E-state index in [9.17, 15) is 0 Å². The predicted octanol–water partition coefficient (Wildman–Crippen LogP) is 3.68. The van der Waals surface area contributed by atoms with Crippen LogP contribution in [0.2, 0.25) is 5.02 Å². The van der Waals surface area contributed by atoms with Gasteiger partial charge in [0.2, 0.25) is 0 Å². The summed E-state index contributed by atoms with van der Waals surface area (Å²) in [4.78, 5) is 0. The lowest BCUT2D eigenvalue weighted by atomic mass is 10.0. The van der Waals surface area contributed by atoms with Crippen molar-refractivity contribution in [3.05, 3.63) is 34.9 Å². The van der Waals surface area contributed by atoms with Crippen molar-refractivity contribution in [1.29, 1.82) is 0 Å². The van der Waals surface area contributed by atoms with Crippen molar-refractivity contribution in [2.45, 2.75) is 38.6 Å². The molecule has 0 saturated carbocycles. The Labute approximate surface area is 116 Å². The van der Waals surface area contributed by atoms with E-state index in [4.69, 9.17) is 16.3 Å². The molecule has 102 valence electrons. The zero-order valence-corrected chi connectivity index (χ0v) is 12.2. The molecule has 0 aliphatic heterocycles. The van der Waals surface area contributed by atoms with E-state index in [1.807, 2.05) is 12.1 Å². The SMILES string of the molecule is CCCNC(CCCOC)Cc1cccc(Cl)c1. The van der Waals surface area contributed by atoms with Crippen molar-refractivity contribution in [3.63, 3.8) is 0 Å². The van der Waals surface area contributed by atoms with Gasteiger partial charge in [-0.15, -0.1) is 0 Å². The summed E-state index contributed by atoms with van der Waals surface area (Å²) in [5.41, 5.74) is 1.30. The summed E-state index contributed by atoms with van der Waals surface area (Å²) in [7, 11) is 1.76. The highest BCUT2D eigenvalue weighted by Gasteiger charge is 2.08. The minimum Gasteiger partial charge on any atom is -0.385 e. The van der Waals surface area contributed by atoms with Gasteiger partial charge in [-0.2, -0.15) is 0 Å². The standard InChI is InChI=1S/C15H24ClNO/c1-3-9-17-15(8-5-10-18-2)12-13-6-4-7-14(16)11-13/h4,6-7,11,15,17H,3,5,8-10,12H2,1-2H3. The maximum atomic E-state index is 6.02. The molecule has 18 heavy (non-hydrogen) atoms. The maximum Gasteiger partial charge on any atom is 0.0462 e. The number of hydrogen-bond acceptors (Lipinski definition) is 2. The van der Waals surface area contributed by atoms with Gasteiger partial charge >= 0.3 is 0 Å². The fraction of sp³-hybridized carbons (Fsp3) is 0.600. The molecule has 0 fully saturated rings. The second-order valence-electron chi connectivity index (χ2n) is 4.62. The van der Waals surface area contributed by atoms with Crippen LogP contribution in [0.4, 0.5) is 0 Å². The topological polar surface area (TPSA) is 21.3 Å². The summed E-state index contributed by atoms with van der Waals surface area (Å²) >= 11 is 6.02. The molecule has 0 bridgehead atoms. The van der Waals surface area contributed by atoms with Crippen LogP contribution in [0.3, 0.4) is 0 Å². The Bertz CT molecular complexity index is 330. The van der Waals surface area contributed by atoms with E-state index in [1.54, 1.807) is 7.11 Å². The molecule has 1 N–H and O–H groups in total. The molecule has 1 unspecified atom stereocenters. The lowest BCUT2D eigenvalue weighted by molar-refractivity contribution is 0.188. The van der Waals surface area contributed by atoms with Gasteiger partial charge in [0.05, 0.1) is 0 Å². The summed E-state index contributed by atoms with van der Waals surface area (Å²) in [5.74, 6) is 0. The third-order valence-electron chi connectivity index (χ3n) is 2.96. The molecule has 0 amide bonds. The number of nitrogens with one attached hydrogen (secondary N) is 1. The summed E-state index contributed by atoms with van der Waals surface area (Å²) in [6, 6.07) is 8.65. The first kappa shape index (κ1) is 15.5. The van der Waals surface area contributed by atoms with Gasteiger partial charge in [0, 0.05) is 24.8 Å². The van der Waals surface area contributed by atoms with Crippen molar-refractivity contribution in [2.75, 3.05) is 20.3 Å². The quantitative estimate of drug-likeness (QED) is 0.691. The van der Waals surface area contributed by atoms with Crippen molar-refractivity contribution >= 4 is 11.6 Å². The monoisotopic (exact) mass is 269 g/mol. The van der Waals surface area contributed by atoms with Gasteiger partial charge in [0.1, 0.15) is 0 Å². The Balaban J connectivity index is 2.48. The number of hydrogen-bond donors (Lipinski definition) is 1. The first-order chi connectivity index (χ1) is 8.76. The Morgan fingerprint density at radius 1 is 1.39 bits per heavy atom. The molecule has 0 spiro atoms. The van der Waals surface area contributed by atoms with Gasteiger partial charge in [0.15, 0.2) is 0 Å². The maximum absolute atomic E-state index is 6.02. The molecule has 3 heteroatoms. The van der Waals surface area contributed by atoms with Crippen LogP contribution in [0.25, 0.3) is 0 Å². The third-order valence-corrected chi connectivity index (χ3v) is 3.19. The molecule has 0 saturated heterocycles. The molecule has 0 aliphatic carbocycles. The second kappa shape index (κ2) is 9.37. The van der Waals surface area contributed by atoms with E-state index in [0.29, 0.717) is 6.04 Å². The zero-order chi connectivity index (χ0) is 13.2. The van der Waals surface area contributed by atoms with Crippen LogP contribution in [-0.4, -0.2) is 26.3 Å². The van der Waals surface area contributed by atoms with Gasteiger partial charge in [-0.1, -0.05) is 30.7 Å². The molecular weight excluding hydrogens is 246 g/mol. The summed E-state index contributed by atoms with van der Waals surface area (Å²) in [6.07, 6.45) is 4.43. The van der Waals surface area contributed by atoms with E-state index in [2.05, 4.69) is 24.4 Å².